The first kappa shape index (κ1) is 14.7. The molecule has 7 heteroatoms. The van der Waals surface area contributed by atoms with Crippen LogP contribution in [0.4, 0.5) is 4.39 Å². The topological polar surface area (TPSA) is 63.2 Å². The van der Waals surface area contributed by atoms with Gasteiger partial charge in [0.25, 0.3) is 5.91 Å². The van der Waals surface area contributed by atoms with Crippen LogP contribution in [0.15, 0.2) is 35.3 Å². The first-order valence-corrected chi connectivity index (χ1v) is 7.77. The van der Waals surface area contributed by atoms with Crippen molar-refractivity contribution in [2.75, 3.05) is 12.3 Å². The molecule has 1 heterocycles. The van der Waals surface area contributed by atoms with Crippen molar-refractivity contribution in [3.05, 3.63) is 51.7 Å². The number of halogens is 2. The molecule has 20 heavy (non-hydrogen) atoms. The molecule has 0 bridgehead atoms. The van der Waals surface area contributed by atoms with Gasteiger partial charge >= 0.3 is 0 Å². The summed E-state index contributed by atoms with van der Waals surface area (Å²) in [6.07, 6.45) is 4.05. The fourth-order valence-corrected chi connectivity index (χ4v) is 3.20. The standard InChI is InChI=1S/C13H11ClFNO3S/c14-10-6-9(7-11(15)8-10)2-1-3-12-13(17)16-4-5-20(12,18)19/h1-3,6-8H,4-5H2,(H,16,17)/b2-1+,12-3+. The summed E-state index contributed by atoms with van der Waals surface area (Å²) >= 11 is 5.70. The van der Waals surface area contributed by atoms with Gasteiger partial charge in [-0.3, -0.25) is 4.79 Å². The minimum Gasteiger partial charge on any atom is -0.350 e. The van der Waals surface area contributed by atoms with E-state index in [1.165, 1.54) is 30.4 Å². The molecule has 1 amide bonds. The van der Waals surface area contributed by atoms with Gasteiger partial charge in [0, 0.05) is 11.6 Å². The fraction of sp³-hybridized carbons (Fsp3) is 0.154. The molecule has 1 N–H and O–H groups in total. The predicted molar refractivity (Wildman–Crippen MR) is 75.3 cm³/mol. The molecule has 4 nitrogen and oxygen atoms in total. The zero-order valence-corrected chi connectivity index (χ0v) is 11.8. The number of rotatable bonds is 2. The van der Waals surface area contributed by atoms with Crippen LogP contribution in [0.1, 0.15) is 5.56 Å². The Bertz CT molecular complexity index is 690. The third-order valence-corrected chi connectivity index (χ3v) is 4.59. The lowest BCUT2D eigenvalue weighted by atomic mass is 10.2. The van der Waals surface area contributed by atoms with Gasteiger partial charge in [0.15, 0.2) is 9.84 Å². The first-order valence-electron chi connectivity index (χ1n) is 5.74. The van der Waals surface area contributed by atoms with E-state index in [9.17, 15) is 17.6 Å². The van der Waals surface area contributed by atoms with Crippen LogP contribution in [-0.4, -0.2) is 26.6 Å². The lowest BCUT2D eigenvalue weighted by Gasteiger charge is -2.14. The Morgan fingerprint density at radius 3 is 2.70 bits per heavy atom. The summed E-state index contributed by atoms with van der Waals surface area (Å²) in [5.74, 6) is -1.24. The highest BCUT2D eigenvalue weighted by Crippen LogP contribution is 2.16. The summed E-state index contributed by atoms with van der Waals surface area (Å²) in [4.78, 5) is 11.2. The van der Waals surface area contributed by atoms with Crippen molar-refractivity contribution in [1.82, 2.24) is 5.32 Å². The predicted octanol–water partition coefficient (Wildman–Crippen LogP) is 1.92. The molecule has 0 spiro atoms. The summed E-state index contributed by atoms with van der Waals surface area (Å²) in [5.41, 5.74) is 0.473. The molecule has 106 valence electrons. The molecular formula is C13H11ClFNO3S. The Kier molecular flexibility index (Phi) is 4.25. The molecule has 2 rings (SSSR count). The van der Waals surface area contributed by atoms with Crippen LogP contribution < -0.4 is 5.32 Å². The number of carbonyl (C=O) groups is 1. The maximum absolute atomic E-state index is 13.1. The van der Waals surface area contributed by atoms with E-state index in [1.54, 1.807) is 0 Å². The third kappa shape index (κ3) is 3.46. The molecule has 0 aliphatic carbocycles. The molecule has 1 aliphatic heterocycles. The van der Waals surface area contributed by atoms with Crippen molar-refractivity contribution >= 4 is 33.4 Å². The van der Waals surface area contributed by atoms with E-state index in [0.29, 0.717) is 5.56 Å². The molecule has 1 aromatic carbocycles. The van der Waals surface area contributed by atoms with Gasteiger partial charge in [-0.15, -0.1) is 0 Å². The summed E-state index contributed by atoms with van der Waals surface area (Å²) in [6.45, 7) is 0.113. The lowest BCUT2D eigenvalue weighted by molar-refractivity contribution is -0.116. The fourth-order valence-electron chi connectivity index (χ4n) is 1.73. The van der Waals surface area contributed by atoms with Crippen LogP contribution >= 0.6 is 11.6 Å². The van der Waals surface area contributed by atoms with Crippen molar-refractivity contribution in [3.8, 4) is 0 Å². The zero-order chi connectivity index (χ0) is 14.8. The molecule has 0 saturated carbocycles. The number of hydrogen-bond donors (Lipinski definition) is 1. The van der Waals surface area contributed by atoms with Crippen LogP contribution in [-0.2, 0) is 14.6 Å². The van der Waals surface area contributed by atoms with Gasteiger partial charge in [-0.25, -0.2) is 12.8 Å². The second kappa shape index (κ2) is 5.76. The van der Waals surface area contributed by atoms with Crippen LogP contribution in [0.3, 0.4) is 0 Å². The van der Waals surface area contributed by atoms with Crippen LogP contribution in [0.25, 0.3) is 6.08 Å². The van der Waals surface area contributed by atoms with E-state index in [1.807, 2.05) is 0 Å². The normalized spacial score (nSPS) is 20.3. The van der Waals surface area contributed by atoms with Gasteiger partial charge in [-0.1, -0.05) is 23.8 Å². The SMILES string of the molecule is O=C1NCCS(=O)(=O)/C1=C/C=C/c1cc(F)cc(Cl)c1. The minimum absolute atomic E-state index is 0.113. The Morgan fingerprint density at radius 2 is 2.05 bits per heavy atom. The van der Waals surface area contributed by atoms with Gasteiger partial charge in [-0.05, 0) is 29.8 Å². The average Bonchev–Trinajstić information content (AvgIpc) is 2.31. The summed E-state index contributed by atoms with van der Waals surface area (Å²) in [5, 5.41) is 2.69. The second-order valence-electron chi connectivity index (χ2n) is 4.17. The molecule has 0 radical (unpaired) electrons. The van der Waals surface area contributed by atoms with E-state index in [0.717, 1.165) is 6.07 Å². The number of hydrogen-bond acceptors (Lipinski definition) is 3. The van der Waals surface area contributed by atoms with Gasteiger partial charge in [-0.2, -0.15) is 0 Å². The van der Waals surface area contributed by atoms with E-state index in [4.69, 9.17) is 11.6 Å². The van der Waals surface area contributed by atoms with Crippen molar-refractivity contribution in [2.45, 2.75) is 0 Å². The highest BCUT2D eigenvalue weighted by Gasteiger charge is 2.28. The number of benzene rings is 1. The maximum Gasteiger partial charge on any atom is 0.262 e. The van der Waals surface area contributed by atoms with Gasteiger partial charge in [0.2, 0.25) is 0 Å². The Hall–Kier alpha value is -1.66. The van der Waals surface area contributed by atoms with Crippen LogP contribution in [0.5, 0.6) is 0 Å². The number of allylic oxidation sites excluding steroid dienone is 2. The molecule has 0 aromatic heterocycles. The summed E-state index contributed by atoms with van der Waals surface area (Å²) in [7, 11) is -3.55. The number of sulfone groups is 1. The van der Waals surface area contributed by atoms with E-state index in [2.05, 4.69) is 5.32 Å². The van der Waals surface area contributed by atoms with Gasteiger partial charge < -0.3 is 5.32 Å². The number of amides is 1. The molecule has 1 aromatic rings. The number of carbonyl (C=O) groups excluding carboxylic acids is 1. The Morgan fingerprint density at radius 1 is 1.30 bits per heavy atom. The molecule has 0 unspecified atom stereocenters. The summed E-state index contributed by atoms with van der Waals surface area (Å²) in [6, 6.07) is 3.93. The maximum atomic E-state index is 13.1. The molecule has 0 atom stereocenters. The molecule has 1 fully saturated rings. The highest BCUT2D eigenvalue weighted by molar-refractivity contribution is 7.96. The smallest absolute Gasteiger partial charge is 0.262 e. The number of nitrogens with one attached hydrogen (secondary N) is 1. The van der Waals surface area contributed by atoms with E-state index in [-0.39, 0.29) is 22.2 Å². The zero-order valence-electron chi connectivity index (χ0n) is 10.3. The molecular weight excluding hydrogens is 305 g/mol. The third-order valence-electron chi connectivity index (χ3n) is 2.64. The molecule has 1 aliphatic rings. The second-order valence-corrected chi connectivity index (χ2v) is 6.68. The monoisotopic (exact) mass is 315 g/mol. The minimum atomic E-state index is -3.55. The van der Waals surface area contributed by atoms with Crippen LogP contribution in [0.2, 0.25) is 5.02 Å². The quantitative estimate of drug-likeness (QED) is 0.848. The van der Waals surface area contributed by atoms with Crippen molar-refractivity contribution in [1.29, 1.82) is 0 Å². The van der Waals surface area contributed by atoms with Crippen molar-refractivity contribution < 1.29 is 17.6 Å². The molecule has 1 saturated heterocycles. The average molecular weight is 316 g/mol. The van der Waals surface area contributed by atoms with E-state index >= 15 is 0 Å². The summed E-state index contributed by atoms with van der Waals surface area (Å²) < 4.78 is 36.5. The van der Waals surface area contributed by atoms with Gasteiger partial charge in [0.1, 0.15) is 10.7 Å². The largest absolute Gasteiger partial charge is 0.350 e. The lowest BCUT2D eigenvalue weighted by Crippen LogP contribution is -2.39. The first-order chi connectivity index (χ1) is 9.38. The van der Waals surface area contributed by atoms with Crippen molar-refractivity contribution in [2.24, 2.45) is 0 Å². The highest BCUT2D eigenvalue weighted by atomic mass is 35.5. The van der Waals surface area contributed by atoms with Crippen LogP contribution in [0, 0.1) is 5.82 Å². The Balaban J connectivity index is 2.27. The van der Waals surface area contributed by atoms with E-state index < -0.39 is 21.6 Å². The Labute approximate surface area is 120 Å². The van der Waals surface area contributed by atoms with Gasteiger partial charge in [0.05, 0.1) is 5.75 Å². The van der Waals surface area contributed by atoms with Crippen molar-refractivity contribution in [3.63, 3.8) is 0 Å².